The summed E-state index contributed by atoms with van der Waals surface area (Å²) < 4.78 is 2.29. The molecule has 3 aromatic carbocycles. The Morgan fingerprint density at radius 2 is 1.48 bits per heavy atom. The molecule has 2 nitrogen and oxygen atoms in total. The molecule has 2 heterocycles. The summed E-state index contributed by atoms with van der Waals surface area (Å²) in [5.41, 5.74) is 3.81. The molecule has 0 aliphatic carbocycles. The third-order valence-corrected chi connectivity index (χ3v) is 6.35. The number of hydrogen-bond donors (Lipinski definition) is 0. The predicted octanol–water partition coefficient (Wildman–Crippen LogP) is 7.49. The minimum absolute atomic E-state index is 0.495. The van der Waals surface area contributed by atoms with Crippen LogP contribution < -0.4 is 0 Å². The van der Waals surface area contributed by atoms with Crippen LogP contribution in [-0.2, 0) is 0 Å². The molecule has 0 amide bonds. The number of halogens is 2. The number of nitrogens with zero attached hydrogens (tertiary/aromatic N) is 2. The molecule has 0 unspecified atom stereocenters. The van der Waals surface area contributed by atoms with Crippen LogP contribution in [0.3, 0.4) is 0 Å². The SMILES string of the molecule is Clc1ccc(-c2nc(-c3ccccc3)c3sc4ccccc4c3n2)cc1Cl. The average Bonchev–Trinajstić information content (AvgIpc) is 3.09. The molecule has 0 radical (unpaired) electrons. The van der Waals surface area contributed by atoms with Crippen molar-refractivity contribution in [1.82, 2.24) is 9.97 Å². The highest BCUT2D eigenvalue weighted by atomic mass is 35.5. The molecule has 0 aliphatic rings. The van der Waals surface area contributed by atoms with Gasteiger partial charge in [0.05, 0.1) is 26.0 Å². The van der Waals surface area contributed by atoms with Crippen LogP contribution in [0.2, 0.25) is 10.0 Å². The fourth-order valence-electron chi connectivity index (χ4n) is 3.15. The van der Waals surface area contributed by atoms with Gasteiger partial charge in [-0.2, -0.15) is 0 Å². The van der Waals surface area contributed by atoms with Crippen LogP contribution in [0.25, 0.3) is 42.9 Å². The monoisotopic (exact) mass is 406 g/mol. The number of benzene rings is 3. The van der Waals surface area contributed by atoms with Crippen molar-refractivity contribution in [2.75, 3.05) is 0 Å². The Hall–Kier alpha value is -2.46. The topological polar surface area (TPSA) is 25.8 Å². The van der Waals surface area contributed by atoms with Gasteiger partial charge in [-0.15, -0.1) is 11.3 Å². The summed E-state index contributed by atoms with van der Waals surface area (Å²) in [6.45, 7) is 0. The quantitative estimate of drug-likeness (QED) is 0.303. The van der Waals surface area contributed by atoms with Gasteiger partial charge in [-0.05, 0) is 24.3 Å². The molecule has 2 aromatic heterocycles. The summed E-state index contributed by atoms with van der Waals surface area (Å²) in [7, 11) is 0. The van der Waals surface area contributed by atoms with Gasteiger partial charge < -0.3 is 0 Å². The molecule has 5 heteroatoms. The lowest BCUT2D eigenvalue weighted by Gasteiger charge is -2.07. The lowest BCUT2D eigenvalue weighted by molar-refractivity contribution is 1.24. The molecule has 0 fully saturated rings. The summed E-state index contributed by atoms with van der Waals surface area (Å²) in [6, 6.07) is 24.0. The van der Waals surface area contributed by atoms with Crippen LogP contribution >= 0.6 is 34.5 Å². The highest BCUT2D eigenvalue weighted by Gasteiger charge is 2.16. The molecule has 0 N–H and O–H groups in total. The first-order chi connectivity index (χ1) is 13.2. The molecular weight excluding hydrogens is 395 g/mol. The highest BCUT2D eigenvalue weighted by Crippen LogP contribution is 2.39. The van der Waals surface area contributed by atoms with E-state index in [2.05, 4.69) is 24.3 Å². The second kappa shape index (κ2) is 6.61. The van der Waals surface area contributed by atoms with E-state index >= 15 is 0 Å². The number of thiophene rings is 1. The van der Waals surface area contributed by atoms with Crippen molar-refractivity contribution in [1.29, 1.82) is 0 Å². The number of aromatic nitrogens is 2. The van der Waals surface area contributed by atoms with Crippen molar-refractivity contribution in [3.63, 3.8) is 0 Å². The summed E-state index contributed by atoms with van der Waals surface area (Å²) in [6.07, 6.45) is 0. The first-order valence-corrected chi connectivity index (χ1v) is 9.98. The minimum Gasteiger partial charge on any atom is -0.226 e. The van der Waals surface area contributed by atoms with Crippen LogP contribution in [0.15, 0.2) is 72.8 Å². The summed E-state index contributed by atoms with van der Waals surface area (Å²) >= 11 is 14.0. The van der Waals surface area contributed by atoms with E-state index in [9.17, 15) is 0 Å². The van der Waals surface area contributed by atoms with Crippen molar-refractivity contribution in [2.45, 2.75) is 0 Å². The van der Waals surface area contributed by atoms with Gasteiger partial charge in [0.1, 0.15) is 0 Å². The molecular formula is C22H12Cl2N2S. The van der Waals surface area contributed by atoms with Crippen LogP contribution in [0, 0.1) is 0 Å². The van der Waals surface area contributed by atoms with Gasteiger partial charge >= 0.3 is 0 Å². The average molecular weight is 407 g/mol. The Balaban J connectivity index is 1.87. The fraction of sp³-hybridized carbons (Fsp3) is 0. The summed E-state index contributed by atoms with van der Waals surface area (Å²) in [4.78, 5) is 9.79. The van der Waals surface area contributed by atoms with Crippen molar-refractivity contribution in [3.05, 3.63) is 82.8 Å². The van der Waals surface area contributed by atoms with Gasteiger partial charge in [0.15, 0.2) is 5.82 Å². The second-order valence-corrected chi connectivity index (χ2v) is 8.03. The molecule has 5 aromatic rings. The third kappa shape index (κ3) is 2.88. The predicted molar refractivity (Wildman–Crippen MR) is 116 cm³/mol. The van der Waals surface area contributed by atoms with Gasteiger partial charge in [0.2, 0.25) is 0 Å². The number of hydrogen-bond acceptors (Lipinski definition) is 3. The van der Waals surface area contributed by atoms with E-state index in [0.717, 1.165) is 32.4 Å². The molecule has 5 rings (SSSR count). The van der Waals surface area contributed by atoms with Gasteiger partial charge in [0.25, 0.3) is 0 Å². The fourth-order valence-corrected chi connectivity index (χ4v) is 4.60. The Bertz CT molecular complexity index is 1300. The van der Waals surface area contributed by atoms with E-state index in [-0.39, 0.29) is 0 Å². The van der Waals surface area contributed by atoms with E-state index in [1.54, 1.807) is 17.4 Å². The zero-order valence-corrected chi connectivity index (χ0v) is 16.3. The normalized spacial score (nSPS) is 11.3. The second-order valence-electron chi connectivity index (χ2n) is 6.17. The summed E-state index contributed by atoms with van der Waals surface area (Å²) in [5.74, 6) is 0.642. The maximum absolute atomic E-state index is 6.23. The number of rotatable bonds is 2. The molecule has 0 atom stereocenters. The van der Waals surface area contributed by atoms with Crippen LogP contribution in [0.5, 0.6) is 0 Å². The van der Waals surface area contributed by atoms with E-state index in [0.29, 0.717) is 15.9 Å². The van der Waals surface area contributed by atoms with E-state index < -0.39 is 0 Å². The largest absolute Gasteiger partial charge is 0.226 e. The molecule has 0 bridgehead atoms. The van der Waals surface area contributed by atoms with Crippen LogP contribution in [0.1, 0.15) is 0 Å². The highest BCUT2D eigenvalue weighted by molar-refractivity contribution is 7.26. The van der Waals surface area contributed by atoms with Gasteiger partial charge in [-0.1, -0.05) is 71.7 Å². The van der Waals surface area contributed by atoms with Crippen LogP contribution in [0.4, 0.5) is 0 Å². The third-order valence-electron chi connectivity index (χ3n) is 4.44. The van der Waals surface area contributed by atoms with Crippen LogP contribution in [-0.4, -0.2) is 9.97 Å². The molecule has 0 saturated heterocycles. The first-order valence-electron chi connectivity index (χ1n) is 8.41. The van der Waals surface area contributed by atoms with E-state index in [1.165, 1.54) is 4.70 Å². The molecule has 27 heavy (non-hydrogen) atoms. The Kier molecular flexibility index (Phi) is 4.09. The lowest BCUT2D eigenvalue weighted by Crippen LogP contribution is -1.93. The maximum Gasteiger partial charge on any atom is 0.160 e. The zero-order valence-electron chi connectivity index (χ0n) is 14.0. The maximum atomic E-state index is 6.23. The Labute approximate surface area is 170 Å². The van der Waals surface area contributed by atoms with Crippen molar-refractivity contribution >= 4 is 54.8 Å². The van der Waals surface area contributed by atoms with E-state index in [1.807, 2.05) is 42.5 Å². The van der Waals surface area contributed by atoms with E-state index in [4.69, 9.17) is 33.2 Å². The molecule has 130 valence electrons. The Morgan fingerprint density at radius 1 is 0.704 bits per heavy atom. The Morgan fingerprint density at radius 3 is 2.30 bits per heavy atom. The molecule has 0 saturated carbocycles. The van der Waals surface area contributed by atoms with Gasteiger partial charge in [0, 0.05) is 21.2 Å². The van der Waals surface area contributed by atoms with Gasteiger partial charge in [-0.3, -0.25) is 0 Å². The van der Waals surface area contributed by atoms with Gasteiger partial charge in [-0.25, -0.2) is 9.97 Å². The van der Waals surface area contributed by atoms with Crippen molar-refractivity contribution in [3.8, 4) is 22.6 Å². The standard InChI is InChI=1S/C22H12Cl2N2S/c23-16-11-10-14(12-17(16)24)22-25-19(13-6-2-1-3-7-13)21-20(26-22)15-8-4-5-9-18(15)27-21/h1-12H. The summed E-state index contributed by atoms with van der Waals surface area (Å²) in [5, 5.41) is 2.15. The van der Waals surface area contributed by atoms with Crippen molar-refractivity contribution in [2.24, 2.45) is 0 Å². The molecule has 0 spiro atoms. The zero-order chi connectivity index (χ0) is 18.4. The minimum atomic E-state index is 0.495. The smallest absolute Gasteiger partial charge is 0.160 e. The first kappa shape index (κ1) is 16.7. The molecule has 0 aliphatic heterocycles. The van der Waals surface area contributed by atoms with Crippen molar-refractivity contribution < 1.29 is 0 Å². The lowest BCUT2D eigenvalue weighted by atomic mass is 10.1. The number of fused-ring (bicyclic) bond motifs is 3.